The van der Waals surface area contributed by atoms with Gasteiger partial charge in [-0.25, -0.2) is 0 Å². The molecule has 1 aromatic heterocycles. The molecule has 0 radical (unpaired) electrons. The molecule has 0 amide bonds. The van der Waals surface area contributed by atoms with E-state index in [1.165, 1.54) is 19.3 Å². The fraction of sp³-hybridized carbons (Fsp3) is 0.857. The third kappa shape index (κ3) is 3.49. The molecule has 0 aliphatic carbocycles. The first-order valence-corrected chi connectivity index (χ1v) is 7.82. The highest BCUT2D eigenvalue weighted by Crippen LogP contribution is 2.17. The zero-order valence-electron chi connectivity index (χ0n) is 12.3. The molecule has 2 fully saturated rings. The van der Waals surface area contributed by atoms with Gasteiger partial charge in [0.15, 0.2) is 0 Å². The third-order valence-corrected chi connectivity index (χ3v) is 4.15. The van der Waals surface area contributed by atoms with E-state index in [9.17, 15) is 0 Å². The van der Waals surface area contributed by atoms with Gasteiger partial charge in [-0.1, -0.05) is 0 Å². The van der Waals surface area contributed by atoms with Gasteiger partial charge in [-0.2, -0.15) is 4.98 Å². The SMILES string of the molecule is CC1CN(c2n[nH]c(CCC3CCCCO3)n2)CCN1. The molecule has 3 heterocycles. The normalized spacial score (nSPS) is 27.8. The summed E-state index contributed by atoms with van der Waals surface area (Å²) in [5.74, 6) is 1.83. The van der Waals surface area contributed by atoms with Crippen molar-refractivity contribution in [1.82, 2.24) is 20.5 Å². The van der Waals surface area contributed by atoms with E-state index >= 15 is 0 Å². The summed E-state index contributed by atoms with van der Waals surface area (Å²) in [4.78, 5) is 6.88. The number of aromatic nitrogens is 3. The molecular formula is C14H25N5O. The Morgan fingerprint density at radius 2 is 2.35 bits per heavy atom. The summed E-state index contributed by atoms with van der Waals surface area (Å²) in [6, 6.07) is 0.501. The largest absolute Gasteiger partial charge is 0.378 e. The minimum absolute atomic E-state index is 0.413. The second-order valence-electron chi connectivity index (χ2n) is 5.91. The molecule has 3 rings (SSSR count). The number of H-pyrrole nitrogens is 1. The summed E-state index contributed by atoms with van der Waals surface area (Å²) in [6.45, 7) is 6.07. The van der Waals surface area contributed by atoms with E-state index in [2.05, 4.69) is 32.3 Å². The second-order valence-corrected chi connectivity index (χ2v) is 5.91. The monoisotopic (exact) mass is 279 g/mol. The van der Waals surface area contributed by atoms with E-state index in [1.807, 2.05) is 0 Å². The van der Waals surface area contributed by atoms with Gasteiger partial charge in [0.2, 0.25) is 5.95 Å². The predicted molar refractivity (Wildman–Crippen MR) is 78.0 cm³/mol. The molecule has 20 heavy (non-hydrogen) atoms. The molecule has 1 aromatic rings. The summed E-state index contributed by atoms with van der Waals surface area (Å²) in [6.07, 6.45) is 6.09. The molecule has 112 valence electrons. The lowest BCUT2D eigenvalue weighted by molar-refractivity contribution is 0.0112. The van der Waals surface area contributed by atoms with Crippen LogP contribution in [0, 0.1) is 0 Å². The van der Waals surface area contributed by atoms with Crippen LogP contribution in [-0.2, 0) is 11.2 Å². The fourth-order valence-electron chi connectivity index (χ4n) is 2.99. The predicted octanol–water partition coefficient (Wildman–Crippen LogP) is 1.10. The lowest BCUT2D eigenvalue weighted by atomic mass is 10.0. The van der Waals surface area contributed by atoms with Crippen LogP contribution in [0.4, 0.5) is 5.95 Å². The molecule has 2 saturated heterocycles. The molecule has 2 N–H and O–H groups in total. The number of hydrogen-bond donors (Lipinski definition) is 2. The van der Waals surface area contributed by atoms with Crippen LogP contribution in [0.3, 0.4) is 0 Å². The Kier molecular flexibility index (Phi) is 4.52. The van der Waals surface area contributed by atoms with E-state index in [0.29, 0.717) is 12.1 Å². The minimum atomic E-state index is 0.413. The standard InChI is InChI=1S/C14H25N5O/c1-11-10-19(8-7-15-11)14-16-13(17-18-14)6-5-12-4-2-3-9-20-12/h11-12,15H,2-10H2,1H3,(H,16,17,18). The molecule has 0 aromatic carbocycles. The molecule has 0 spiro atoms. The van der Waals surface area contributed by atoms with Crippen molar-refractivity contribution < 1.29 is 4.74 Å². The quantitative estimate of drug-likeness (QED) is 0.864. The van der Waals surface area contributed by atoms with E-state index < -0.39 is 0 Å². The lowest BCUT2D eigenvalue weighted by Crippen LogP contribution is -2.49. The van der Waals surface area contributed by atoms with E-state index in [4.69, 9.17) is 4.74 Å². The Balaban J connectivity index is 1.51. The number of hydrogen-bond acceptors (Lipinski definition) is 5. The summed E-state index contributed by atoms with van der Waals surface area (Å²) in [7, 11) is 0. The number of anilines is 1. The number of piperazine rings is 1. The average molecular weight is 279 g/mol. The molecule has 2 aliphatic rings. The molecule has 0 bridgehead atoms. The van der Waals surface area contributed by atoms with Crippen LogP contribution in [0.2, 0.25) is 0 Å². The van der Waals surface area contributed by atoms with Crippen LogP contribution < -0.4 is 10.2 Å². The van der Waals surface area contributed by atoms with Crippen molar-refractivity contribution in [2.24, 2.45) is 0 Å². The maximum Gasteiger partial charge on any atom is 0.244 e. The van der Waals surface area contributed by atoms with Gasteiger partial charge in [0.05, 0.1) is 6.10 Å². The summed E-state index contributed by atoms with van der Waals surface area (Å²) in [5, 5.41) is 10.9. The van der Waals surface area contributed by atoms with Crippen molar-refractivity contribution in [3.8, 4) is 0 Å². The van der Waals surface area contributed by atoms with Crippen molar-refractivity contribution in [2.75, 3.05) is 31.1 Å². The summed E-state index contributed by atoms with van der Waals surface area (Å²) < 4.78 is 5.76. The first kappa shape index (κ1) is 13.8. The molecular weight excluding hydrogens is 254 g/mol. The molecule has 6 nitrogen and oxygen atoms in total. The van der Waals surface area contributed by atoms with E-state index in [-0.39, 0.29) is 0 Å². The molecule has 2 aliphatic heterocycles. The molecule has 0 saturated carbocycles. The topological polar surface area (TPSA) is 66.1 Å². The maximum absolute atomic E-state index is 5.76. The van der Waals surface area contributed by atoms with Crippen molar-refractivity contribution in [3.63, 3.8) is 0 Å². The first-order chi connectivity index (χ1) is 9.81. The van der Waals surface area contributed by atoms with Crippen LogP contribution in [0.5, 0.6) is 0 Å². The lowest BCUT2D eigenvalue weighted by Gasteiger charge is -2.30. The average Bonchev–Trinajstić information content (AvgIpc) is 2.95. The molecule has 2 atom stereocenters. The van der Waals surface area contributed by atoms with Crippen molar-refractivity contribution in [3.05, 3.63) is 5.82 Å². The maximum atomic E-state index is 5.76. The van der Waals surface area contributed by atoms with Gasteiger partial charge in [0.1, 0.15) is 5.82 Å². The van der Waals surface area contributed by atoms with Gasteiger partial charge < -0.3 is 15.0 Å². The number of nitrogens with one attached hydrogen (secondary N) is 2. The summed E-state index contributed by atoms with van der Waals surface area (Å²) in [5.41, 5.74) is 0. The van der Waals surface area contributed by atoms with Gasteiger partial charge in [-0.3, -0.25) is 5.10 Å². The Morgan fingerprint density at radius 3 is 3.15 bits per heavy atom. The number of aromatic amines is 1. The Labute approximate surface area is 120 Å². The fourth-order valence-corrected chi connectivity index (χ4v) is 2.99. The zero-order valence-corrected chi connectivity index (χ0v) is 12.3. The Hall–Kier alpha value is -1.14. The van der Waals surface area contributed by atoms with Gasteiger partial charge in [-0.15, -0.1) is 5.10 Å². The van der Waals surface area contributed by atoms with E-state index in [1.54, 1.807) is 0 Å². The van der Waals surface area contributed by atoms with Crippen LogP contribution >= 0.6 is 0 Å². The number of ether oxygens (including phenoxy) is 1. The van der Waals surface area contributed by atoms with Crippen LogP contribution in [0.15, 0.2) is 0 Å². The number of nitrogens with zero attached hydrogens (tertiary/aromatic N) is 3. The van der Waals surface area contributed by atoms with E-state index in [0.717, 1.165) is 50.9 Å². The van der Waals surface area contributed by atoms with Crippen molar-refractivity contribution in [1.29, 1.82) is 0 Å². The number of rotatable bonds is 4. The third-order valence-electron chi connectivity index (χ3n) is 4.15. The molecule has 2 unspecified atom stereocenters. The van der Waals surface area contributed by atoms with Gasteiger partial charge in [0, 0.05) is 38.7 Å². The smallest absolute Gasteiger partial charge is 0.244 e. The van der Waals surface area contributed by atoms with Gasteiger partial charge >= 0.3 is 0 Å². The van der Waals surface area contributed by atoms with Crippen LogP contribution in [0.25, 0.3) is 0 Å². The minimum Gasteiger partial charge on any atom is -0.378 e. The van der Waals surface area contributed by atoms with Gasteiger partial charge in [0.25, 0.3) is 0 Å². The first-order valence-electron chi connectivity index (χ1n) is 7.82. The summed E-state index contributed by atoms with van der Waals surface area (Å²) >= 11 is 0. The Bertz CT molecular complexity index is 415. The highest BCUT2D eigenvalue weighted by molar-refractivity contribution is 5.30. The highest BCUT2D eigenvalue weighted by atomic mass is 16.5. The van der Waals surface area contributed by atoms with Crippen LogP contribution in [0.1, 0.15) is 38.4 Å². The Morgan fingerprint density at radius 1 is 1.40 bits per heavy atom. The zero-order chi connectivity index (χ0) is 13.8. The number of aryl methyl sites for hydroxylation is 1. The van der Waals surface area contributed by atoms with Crippen molar-refractivity contribution in [2.45, 2.75) is 51.2 Å². The van der Waals surface area contributed by atoms with Crippen molar-refractivity contribution >= 4 is 5.95 Å². The van der Waals surface area contributed by atoms with Crippen LogP contribution in [-0.4, -0.2) is 53.6 Å². The van der Waals surface area contributed by atoms with Gasteiger partial charge in [-0.05, 0) is 32.6 Å². The second kappa shape index (κ2) is 6.54. The molecule has 6 heteroatoms. The highest BCUT2D eigenvalue weighted by Gasteiger charge is 2.20.